The van der Waals surface area contributed by atoms with Crippen LogP contribution in [0.15, 0.2) is 16.6 Å². The van der Waals surface area contributed by atoms with Crippen molar-refractivity contribution in [1.29, 1.82) is 0 Å². The van der Waals surface area contributed by atoms with Crippen LogP contribution < -0.4 is 0 Å². The molecule has 1 nitrogen and oxygen atoms in total. The molecule has 0 aliphatic carbocycles. The van der Waals surface area contributed by atoms with Gasteiger partial charge in [0.15, 0.2) is 0 Å². The van der Waals surface area contributed by atoms with Crippen molar-refractivity contribution in [2.45, 2.75) is 58.8 Å². The number of rotatable bonds is 3. The Kier molecular flexibility index (Phi) is 4.65. The average Bonchev–Trinajstić information content (AvgIpc) is 2.20. The number of hydrogen-bond donors (Lipinski definition) is 1. The van der Waals surface area contributed by atoms with Gasteiger partial charge in [0.2, 0.25) is 0 Å². The summed E-state index contributed by atoms with van der Waals surface area (Å²) in [6.45, 7) is 10.9. The summed E-state index contributed by atoms with van der Waals surface area (Å²) in [5.74, 6) is 0.864. The van der Waals surface area contributed by atoms with Crippen molar-refractivity contribution in [1.82, 2.24) is 0 Å². The van der Waals surface area contributed by atoms with Gasteiger partial charge in [-0.15, -0.1) is 0 Å². The molecule has 1 N–H and O–H groups in total. The molecule has 0 amide bonds. The molecule has 0 saturated carbocycles. The first kappa shape index (κ1) is 14.6. The molecule has 0 aliphatic rings. The Labute approximate surface area is 113 Å². The molecule has 2 heteroatoms. The second kappa shape index (κ2) is 5.43. The maximum Gasteiger partial charge on any atom is 0.120 e. The smallest absolute Gasteiger partial charge is 0.120 e. The number of phenolic OH excluding ortho intramolecular Hbond substituents is 1. The molecule has 0 radical (unpaired) electrons. The standard InChI is InChI=1S/C15H23BrO/c1-6-10(7-2)11-8-12(15(3,4)5)13(16)9-14(11)17/h8-10,17H,6-7H2,1-5H3. The monoisotopic (exact) mass is 298 g/mol. The third kappa shape index (κ3) is 3.25. The highest BCUT2D eigenvalue weighted by Crippen LogP contribution is 2.39. The molecule has 0 spiro atoms. The number of benzene rings is 1. The van der Waals surface area contributed by atoms with E-state index in [9.17, 15) is 5.11 Å². The Hall–Kier alpha value is -0.500. The van der Waals surface area contributed by atoms with E-state index in [0.717, 1.165) is 22.9 Å². The summed E-state index contributed by atoms with van der Waals surface area (Å²) in [6, 6.07) is 4.01. The lowest BCUT2D eigenvalue weighted by Gasteiger charge is -2.24. The fraction of sp³-hybridized carbons (Fsp3) is 0.600. The van der Waals surface area contributed by atoms with Crippen LogP contribution in [0.25, 0.3) is 0 Å². The normalized spacial score (nSPS) is 12.2. The predicted molar refractivity (Wildman–Crippen MR) is 77.8 cm³/mol. The molecule has 17 heavy (non-hydrogen) atoms. The second-order valence-electron chi connectivity index (χ2n) is 5.65. The van der Waals surface area contributed by atoms with Crippen molar-refractivity contribution in [3.05, 3.63) is 27.7 Å². The van der Waals surface area contributed by atoms with Crippen LogP contribution >= 0.6 is 15.9 Å². The number of phenols is 1. The maximum absolute atomic E-state index is 10.1. The Morgan fingerprint density at radius 2 is 1.71 bits per heavy atom. The maximum atomic E-state index is 10.1. The Bertz CT molecular complexity index is 387. The van der Waals surface area contributed by atoms with Gasteiger partial charge in [-0.05, 0) is 41.4 Å². The zero-order valence-corrected chi connectivity index (χ0v) is 13.1. The Balaban J connectivity index is 3.33. The fourth-order valence-electron chi connectivity index (χ4n) is 2.21. The van der Waals surface area contributed by atoms with E-state index < -0.39 is 0 Å². The molecule has 0 aliphatic heterocycles. The highest BCUT2D eigenvalue weighted by atomic mass is 79.9. The minimum Gasteiger partial charge on any atom is -0.508 e. The predicted octanol–water partition coefficient (Wildman–Crippen LogP) is 5.36. The van der Waals surface area contributed by atoms with Crippen LogP contribution in [0.5, 0.6) is 5.75 Å². The van der Waals surface area contributed by atoms with Crippen LogP contribution in [0.1, 0.15) is 64.5 Å². The molecule has 0 aromatic heterocycles. The molecular formula is C15H23BrO. The molecule has 0 atom stereocenters. The first-order valence-corrected chi connectivity index (χ1v) is 7.13. The summed E-state index contributed by atoms with van der Waals surface area (Å²) >= 11 is 3.55. The van der Waals surface area contributed by atoms with E-state index >= 15 is 0 Å². The van der Waals surface area contributed by atoms with Gasteiger partial charge in [0.1, 0.15) is 5.75 Å². The molecule has 96 valence electrons. The van der Waals surface area contributed by atoms with Crippen molar-refractivity contribution < 1.29 is 5.11 Å². The summed E-state index contributed by atoms with van der Waals surface area (Å²) in [5, 5.41) is 10.1. The van der Waals surface area contributed by atoms with Crippen LogP contribution in [-0.2, 0) is 5.41 Å². The molecule has 0 bridgehead atoms. The highest BCUT2D eigenvalue weighted by Gasteiger charge is 2.21. The van der Waals surface area contributed by atoms with E-state index in [4.69, 9.17) is 0 Å². The minimum absolute atomic E-state index is 0.0906. The third-order valence-electron chi connectivity index (χ3n) is 3.35. The summed E-state index contributed by atoms with van der Waals surface area (Å²) in [7, 11) is 0. The lowest BCUT2D eigenvalue weighted by atomic mass is 9.83. The first-order valence-electron chi connectivity index (χ1n) is 6.34. The van der Waals surface area contributed by atoms with Crippen LogP contribution in [0, 0.1) is 0 Å². The van der Waals surface area contributed by atoms with Crippen LogP contribution in [0.4, 0.5) is 0 Å². The number of hydrogen-bond acceptors (Lipinski definition) is 1. The summed E-state index contributed by atoms with van der Waals surface area (Å²) in [4.78, 5) is 0. The van der Waals surface area contributed by atoms with Crippen LogP contribution in [-0.4, -0.2) is 5.11 Å². The second-order valence-corrected chi connectivity index (χ2v) is 6.51. The van der Waals surface area contributed by atoms with E-state index in [2.05, 4.69) is 56.6 Å². The summed E-state index contributed by atoms with van der Waals surface area (Å²) in [5.41, 5.74) is 2.44. The van der Waals surface area contributed by atoms with E-state index in [1.165, 1.54) is 5.56 Å². The van der Waals surface area contributed by atoms with Crippen molar-refractivity contribution in [3.8, 4) is 5.75 Å². The van der Waals surface area contributed by atoms with E-state index in [-0.39, 0.29) is 5.41 Å². The van der Waals surface area contributed by atoms with Crippen molar-refractivity contribution in [2.75, 3.05) is 0 Å². The van der Waals surface area contributed by atoms with Crippen molar-refractivity contribution in [3.63, 3.8) is 0 Å². The van der Waals surface area contributed by atoms with Gasteiger partial charge in [-0.2, -0.15) is 0 Å². The Morgan fingerprint density at radius 3 is 2.12 bits per heavy atom. The zero-order chi connectivity index (χ0) is 13.2. The van der Waals surface area contributed by atoms with Gasteiger partial charge in [0, 0.05) is 4.47 Å². The van der Waals surface area contributed by atoms with E-state index in [1.54, 1.807) is 0 Å². The van der Waals surface area contributed by atoms with Gasteiger partial charge in [0.25, 0.3) is 0 Å². The summed E-state index contributed by atoms with van der Waals surface area (Å²) in [6.07, 6.45) is 2.13. The topological polar surface area (TPSA) is 20.2 Å². The Morgan fingerprint density at radius 1 is 1.18 bits per heavy atom. The molecule has 1 aromatic rings. The molecule has 1 aromatic carbocycles. The minimum atomic E-state index is 0.0906. The largest absolute Gasteiger partial charge is 0.508 e. The average molecular weight is 299 g/mol. The van der Waals surface area contributed by atoms with E-state index in [0.29, 0.717) is 11.7 Å². The van der Waals surface area contributed by atoms with Gasteiger partial charge < -0.3 is 5.11 Å². The van der Waals surface area contributed by atoms with Gasteiger partial charge in [-0.3, -0.25) is 0 Å². The SMILES string of the molecule is CCC(CC)c1cc(C(C)(C)C)c(Br)cc1O. The number of aromatic hydroxyl groups is 1. The molecule has 0 heterocycles. The van der Waals surface area contributed by atoms with Gasteiger partial charge in [-0.1, -0.05) is 56.6 Å². The lowest BCUT2D eigenvalue weighted by Crippen LogP contribution is -2.13. The molecular weight excluding hydrogens is 276 g/mol. The first-order chi connectivity index (χ1) is 7.81. The quantitative estimate of drug-likeness (QED) is 0.797. The van der Waals surface area contributed by atoms with Gasteiger partial charge >= 0.3 is 0 Å². The fourth-order valence-corrected chi connectivity index (χ4v) is 3.14. The van der Waals surface area contributed by atoms with Crippen molar-refractivity contribution >= 4 is 15.9 Å². The van der Waals surface area contributed by atoms with Crippen LogP contribution in [0.2, 0.25) is 0 Å². The highest BCUT2D eigenvalue weighted by molar-refractivity contribution is 9.10. The van der Waals surface area contributed by atoms with Crippen molar-refractivity contribution in [2.24, 2.45) is 0 Å². The lowest BCUT2D eigenvalue weighted by molar-refractivity contribution is 0.454. The zero-order valence-electron chi connectivity index (χ0n) is 11.5. The van der Waals surface area contributed by atoms with Crippen LogP contribution in [0.3, 0.4) is 0 Å². The molecule has 1 rings (SSSR count). The molecule has 0 fully saturated rings. The number of halogens is 1. The summed E-state index contributed by atoms with van der Waals surface area (Å²) < 4.78 is 0.997. The van der Waals surface area contributed by atoms with Gasteiger partial charge in [-0.25, -0.2) is 0 Å². The molecule has 0 saturated heterocycles. The molecule has 0 unspecified atom stereocenters. The van der Waals surface area contributed by atoms with E-state index in [1.807, 2.05) is 6.07 Å². The third-order valence-corrected chi connectivity index (χ3v) is 4.01. The van der Waals surface area contributed by atoms with Gasteiger partial charge in [0.05, 0.1) is 0 Å².